The van der Waals surface area contributed by atoms with E-state index in [1.807, 2.05) is 48.5 Å². The molecule has 0 aliphatic heterocycles. The molecule has 3 rings (SSSR count). The third kappa shape index (κ3) is 4.52. The van der Waals surface area contributed by atoms with Crippen LogP contribution in [0.4, 0.5) is 0 Å². The summed E-state index contributed by atoms with van der Waals surface area (Å²) in [5, 5.41) is 2.64. The first-order chi connectivity index (χ1) is 13.1. The van der Waals surface area contributed by atoms with E-state index in [0.717, 1.165) is 22.3 Å². The molecule has 138 valence electrons. The summed E-state index contributed by atoms with van der Waals surface area (Å²) in [5.74, 6) is 0.0437. The smallest absolute Gasteiger partial charge is 0.261 e. The van der Waals surface area contributed by atoms with Gasteiger partial charge in [-0.2, -0.15) is 0 Å². The first kappa shape index (κ1) is 18.2. The molecule has 7 nitrogen and oxygen atoms in total. The normalized spacial score (nSPS) is 12.1. The maximum Gasteiger partial charge on any atom is 0.261 e. The van der Waals surface area contributed by atoms with Crippen LogP contribution in [0.25, 0.3) is 17.1 Å². The van der Waals surface area contributed by atoms with Gasteiger partial charge in [0.05, 0.1) is 18.1 Å². The number of nitrogens with zero attached hydrogens (tertiary/aromatic N) is 2. The van der Waals surface area contributed by atoms with Crippen molar-refractivity contribution in [2.75, 3.05) is 12.5 Å². The average Bonchev–Trinajstić information content (AvgIpc) is 3.09. The molecule has 2 aromatic carbocycles. The number of hydrogen-bond donors (Lipinski definition) is 2. The Hall–Kier alpha value is -3.61. The van der Waals surface area contributed by atoms with Crippen LogP contribution >= 0.6 is 0 Å². The van der Waals surface area contributed by atoms with E-state index in [4.69, 9.17) is 4.74 Å². The number of rotatable bonds is 6. The number of ether oxygens (including phenoxy) is 1. The second kappa shape index (κ2) is 8.18. The van der Waals surface area contributed by atoms with Crippen LogP contribution in [0.2, 0.25) is 0 Å². The minimum absolute atomic E-state index is 0.343. The highest BCUT2D eigenvalue weighted by Crippen LogP contribution is 2.12. The van der Waals surface area contributed by atoms with E-state index in [2.05, 4.69) is 15.7 Å². The number of carbonyl (C=O) groups is 2. The van der Waals surface area contributed by atoms with Crippen molar-refractivity contribution in [2.45, 2.75) is 13.0 Å². The van der Waals surface area contributed by atoms with Crippen molar-refractivity contribution < 1.29 is 14.3 Å². The van der Waals surface area contributed by atoms with Crippen LogP contribution in [0.3, 0.4) is 0 Å². The lowest BCUT2D eigenvalue weighted by atomic mass is 10.2. The fraction of sp³-hybridized carbons (Fsp3) is 0.150. The third-order valence-corrected chi connectivity index (χ3v) is 3.98. The van der Waals surface area contributed by atoms with E-state index >= 15 is 0 Å². The number of hydrogen-bond acceptors (Lipinski definition) is 4. The number of amides is 2. The quantitative estimate of drug-likeness (QED) is 0.658. The number of methoxy groups -OCH3 is 1. The zero-order valence-corrected chi connectivity index (χ0v) is 15.0. The number of fused-ring (bicyclic) bond motifs is 1. The Labute approximate surface area is 156 Å². The van der Waals surface area contributed by atoms with Gasteiger partial charge < -0.3 is 10.1 Å². The van der Waals surface area contributed by atoms with Gasteiger partial charge in [-0.3, -0.25) is 15.0 Å². The van der Waals surface area contributed by atoms with Crippen LogP contribution in [0.1, 0.15) is 12.5 Å². The van der Waals surface area contributed by atoms with E-state index < -0.39 is 6.04 Å². The van der Waals surface area contributed by atoms with Gasteiger partial charge in [-0.15, -0.1) is 0 Å². The minimum Gasteiger partial charge on any atom is -0.497 e. The largest absolute Gasteiger partial charge is 0.497 e. The lowest BCUT2D eigenvalue weighted by Gasteiger charge is -2.13. The summed E-state index contributed by atoms with van der Waals surface area (Å²) < 4.78 is 6.62. The first-order valence-electron chi connectivity index (χ1n) is 8.42. The molecule has 0 fully saturated rings. The van der Waals surface area contributed by atoms with Gasteiger partial charge in [0.25, 0.3) is 5.91 Å². The highest BCUT2D eigenvalue weighted by atomic mass is 16.5. The Morgan fingerprint density at radius 1 is 1.15 bits per heavy atom. The highest BCUT2D eigenvalue weighted by Gasteiger charge is 2.15. The first-order valence-corrected chi connectivity index (χ1v) is 8.42. The predicted molar refractivity (Wildman–Crippen MR) is 104 cm³/mol. The van der Waals surface area contributed by atoms with Crippen molar-refractivity contribution in [1.29, 1.82) is 0 Å². The molecule has 0 bridgehead atoms. The molecule has 0 saturated heterocycles. The number of imidazole rings is 1. The molecule has 7 heteroatoms. The minimum atomic E-state index is -0.709. The maximum atomic E-state index is 12.3. The van der Waals surface area contributed by atoms with E-state index in [1.165, 1.54) is 17.1 Å². The number of para-hydroxylation sites is 2. The lowest BCUT2D eigenvalue weighted by Crippen LogP contribution is -2.43. The fourth-order valence-electron chi connectivity index (χ4n) is 2.48. The molecule has 1 atom stereocenters. The standard InChI is InChI=1S/C20H20N4O3/c1-14(20(26)23-24-13-21-17-5-3-4-6-18(17)24)22-19(25)12-9-15-7-10-16(27-2)11-8-15/h3-14H,1-2H3,(H,22,25)(H,23,26)/b12-9+. The van der Waals surface area contributed by atoms with Gasteiger partial charge >= 0.3 is 0 Å². The van der Waals surface area contributed by atoms with Crippen LogP contribution in [-0.4, -0.2) is 34.6 Å². The summed E-state index contributed by atoms with van der Waals surface area (Å²) >= 11 is 0. The predicted octanol–water partition coefficient (Wildman–Crippen LogP) is 2.33. The molecule has 27 heavy (non-hydrogen) atoms. The fourth-order valence-corrected chi connectivity index (χ4v) is 2.48. The van der Waals surface area contributed by atoms with Gasteiger partial charge in [0.2, 0.25) is 5.91 Å². The molecular weight excluding hydrogens is 344 g/mol. The summed E-state index contributed by atoms with van der Waals surface area (Å²) in [4.78, 5) is 28.6. The van der Waals surface area contributed by atoms with Crippen molar-refractivity contribution >= 4 is 28.9 Å². The Morgan fingerprint density at radius 3 is 2.63 bits per heavy atom. The highest BCUT2D eigenvalue weighted by molar-refractivity contribution is 5.97. The topological polar surface area (TPSA) is 85.2 Å². The summed E-state index contributed by atoms with van der Waals surface area (Å²) in [6, 6.07) is 14.0. The van der Waals surface area contributed by atoms with E-state index in [9.17, 15) is 9.59 Å². The molecule has 1 unspecified atom stereocenters. The molecule has 2 amide bonds. The molecule has 0 aliphatic rings. The van der Waals surface area contributed by atoms with Crippen LogP contribution in [-0.2, 0) is 9.59 Å². The van der Waals surface area contributed by atoms with Crippen LogP contribution in [0, 0.1) is 0 Å². The molecule has 3 aromatic rings. The molecule has 1 aromatic heterocycles. The van der Waals surface area contributed by atoms with E-state index in [-0.39, 0.29) is 11.8 Å². The van der Waals surface area contributed by atoms with Gasteiger partial charge in [0.1, 0.15) is 18.1 Å². The Balaban J connectivity index is 1.57. The molecule has 0 aliphatic carbocycles. The third-order valence-electron chi connectivity index (χ3n) is 3.98. The lowest BCUT2D eigenvalue weighted by molar-refractivity contribution is -0.123. The van der Waals surface area contributed by atoms with Gasteiger partial charge in [0.15, 0.2) is 0 Å². The number of benzene rings is 2. The van der Waals surface area contributed by atoms with Gasteiger partial charge in [-0.1, -0.05) is 24.3 Å². The van der Waals surface area contributed by atoms with E-state index in [1.54, 1.807) is 20.1 Å². The average molecular weight is 364 g/mol. The van der Waals surface area contributed by atoms with Gasteiger partial charge in [-0.05, 0) is 42.8 Å². The van der Waals surface area contributed by atoms with Crippen LogP contribution < -0.4 is 15.5 Å². The SMILES string of the molecule is COc1ccc(/C=C/C(=O)NC(C)C(=O)Nn2cnc3ccccc32)cc1. The number of aromatic nitrogens is 2. The summed E-state index contributed by atoms with van der Waals surface area (Å²) in [6.45, 7) is 1.62. The zero-order valence-electron chi connectivity index (χ0n) is 15.0. The zero-order chi connectivity index (χ0) is 19.2. The maximum absolute atomic E-state index is 12.3. The van der Waals surface area contributed by atoms with Crippen molar-refractivity contribution in [2.24, 2.45) is 0 Å². The second-order valence-corrected chi connectivity index (χ2v) is 5.92. The molecule has 0 spiro atoms. The summed E-state index contributed by atoms with van der Waals surface area (Å²) in [6.07, 6.45) is 4.58. The monoisotopic (exact) mass is 364 g/mol. The molecule has 1 heterocycles. The van der Waals surface area contributed by atoms with Crippen molar-refractivity contribution in [3.05, 3.63) is 66.5 Å². The molecule has 0 saturated carbocycles. The van der Waals surface area contributed by atoms with Crippen molar-refractivity contribution in [1.82, 2.24) is 15.0 Å². The summed E-state index contributed by atoms with van der Waals surface area (Å²) in [5.41, 5.74) is 5.13. The Kier molecular flexibility index (Phi) is 5.51. The molecule has 0 radical (unpaired) electrons. The van der Waals surface area contributed by atoms with Gasteiger partial charge in [-0.25, -0.2) is 9.66 Å². The molecular formula is C20H20N4O3. The van der Waals surface area contributed by atoms with Crippen LogP contribution in [0.5, 0.6) is 5.75 Å². The summed E-state index contributed by atoms with van der Waals surface area (Å²) in [7, 11) is 1.59. The number of nitrogens with one attached hydrogen (secondary N) is 2. The van der Waals surface area contributed by atoms with Gasteiger partial charge in [0, 0.05) is 6.08 Å². The van der Waals surface area contributed by atoms with Crippen molar-refractivity contribution in [3.63, 3.8) is 0 Å². The molecule has 2 N–H and O–H groups in total. The van der Waals surface area contributed by atoms with Crippen molar-refractivity contribution in [3.8, 4) is 5.75 Å². The Bertz CT molecular complexity index is 976. The van der Waals surface area contributed by atoms with E-state index in [0.29, 0.717) is 0 Å². The number of carbonyl (C=O) groups excluding carboxylic acids is 2. The van der Waals surface area contributed by atoms with Crippen LogP contribution in [0.15, 0.2) is 60.9 Å². The Morgan fingerprint density at radius 2 is 1.89 bits per heavy atom. The second-order valence-electron chi connectivity index (χ2n) is 5.92.